The van der Waals surface area contributed by atoms with Gasteiger partial charge in [0, 0.05) is 0 Å². The summed E-state index contributed by atoms with van der Waals surface area (Å²) in [7, 11) is 0. The van der Waals surface area contributed by atoms with Crippen molar-refractivity contribution in [1.29, 1.82) is 0 Å². The second-order valence-corrected chi connectivity index (χ2v) is 5.19. The fourth-order valence-electron chi connectivity index (χ4n) is 1.19. The number of hydrogen-bond acceptors (Lipinski definition) is 3. The smallest absolute Gasteiger partial charge is 0.327 e. The van der Waals surface area contributed by atoms with Gasteiger partial charge in [-0.1, -0.05) is 11.6 Å². The summed E-state index contributed by atoms with van der Waals surface area (Å²) < 4.78 is 37.9. The molecule has 0 aliphatic carbocycles. The molecule has 0 radical (unpaired) electrons. The number of nitrogens with one attached hydrogen (secondary N) is 1. The predicted octanol–water partition coefficient (Wildman–Crippen LogP) is 4.54. The average molecular weight is 297 g/mol. The lowest BCUT2D eigenvalue weighted by molar-refractivity contribution is -0.141. The Labute approximate surface area is 108 Å². The summed E-state index contributed by atoms with van der Waals surface area (Å²) in [6.45, 7) is 0. The standard InChI is InChI=1S/C9H4ClF3N2S2/c10-7-2-1-5(17-7)4-3-6(9(11,12)13)15-8(16)14-4/h1-3H,(H,14,15,16). The van der Waals surface area contributed by atoms with Crippen LogP contribution in [0.25, 0.3) is 10.6 Å². The molecule has 90 valence electrons. The molecule has 0 fully saturated rings. The second kappa shape index (κ2) is 4.40. The molecule has 0 aromatic carbocycles. The molecule has 2 heterocycles. The number of thiophene rings is 1. The molecule has 0 aliphatic heterocycles. The minimum absolute atomic E-state index is 0.165. The molecule has 2 aromatic heterocycles. The highest BCUT2D eigenvalue weighted by Crippen LogP contribution is 2.33. The molecule has 0 spiro atoms. The van der Waals surface area contributed by atoms with Crippen LogP contribution in [0.15, 0.2) is 18.2 Å². The van der Waals surface area contributed by atoms with Gasteiger partial charge in [0.05, 0.1) is 14.9 Å². The molecule has 0 unspecified atom stereocenters. The van der Waals surface area contributed by atoms with Crippen LogP contribution in [0.4, 0.5) is 13.2 Å². The maximum absolute atomic E-state index is 12.5. The highest BCUT2D eigenvalue weighted by molar-refractivity contribution is 7.71. The molecule has 2 rings (SSSR count). The quantitative estimate of drug-likeness (QED) is 0.783. The zero-order chi connectivity index (χ0) is 12.6. The van der Waals surface area contributed by atoms with E-state index < -0.39 is 11.9 Å². The van der Waals surface area contributed by atoms with Crippen LogP contribution in [0.3, 0.4) is 0 Å². The van der Waals surface area contributed by atoms with E-state index in [1.165, 1.54) is 0 Å². The Hall–Kier alpha value is -0.920. The molecule has 0 aliphatic rings. The normalized spacial score (nSPS) is 11.8. The summed E-state index contributed by atoms with van der Waals surface area (Å²) in [5, 5.41) is 0. The second-order valence-electron chi connectivity index (χ2n) is 3.09. The first-order valence-electron chi connectivity index (χ1n) is 4.30. The molecule has 1 N–H and O–H groups in total. The van der Waals surface area contributed by atoms with Crippen LogP contribution in [0.2, 0.25) is 4.34 Å². The molecular formula is C9H4ClF3N2S2. The summed E-state index contributed by atoms with van der Waals surface area (Å²) >= 11 is 11.5. The summed E-state index contributed by atoms with van der Waals surface area (Å²) in [6.07, 6.45) is -4.48. The first kappa shape index (κ1) is 12.5. The van der Waals surface area contributed by atoms with E-state index in [0.29, 0.717) is 9.21 Å². The van der Waals surface area contributed by atoms with Gasteiger partial charge in [-0.2, -0.15) is 13.2 Å². The molecule has 0 atom stereocenters. The van der Waals surface area contributed by atoms with Gasteiger partial charge >= 0.3 is 6.18 Å². The molecule has 17 heavy (non-hydrogen) atoms. The molecule has 0 bridgehead atoms. The van der Waals surface area contributed by atoms with E-state index in [-0.39, 0.29) is 10.5 Å². The minimum atomic E-state index is -4.48. The highest BCUT2D eigenvalue weighted by atomic mass is 35.5. The summed E-state index contributed by atoms with van der Waals surface area (Å²) in [4.78, 5) is 6.40. The lowest BCUT2D eigenvalue weighted by atomic mass is 10.3. The zero-order valence-corrected chi connectivity index (χ0v) is 10.4. The maximum atomic E-state index is 12.5. The van der Waals surface area contributed by atoms with Gasteiger partial charge in [0.25, 0.3) is 0 Å². The van der Waals surface area contributed by atoms with Crippen molar-refractivity contribution in [2.75, 3.05) is 0 Å². The Kier molecular flexibility index (Phi) is 3.24. The number of aromatic nitrogens is 2. The van der Waals surface area contributed by atoms with E-state index in [9.17, 15) is 13.2 Å². The van der Waals surface area contributed by atoms with Crippen molar-refractivity contribution in [2.24, 2.45) is 0 Å². The summed E-state index contributed by atoms with van der Waals surface area (Å²) in [5.74, 6) is 0. The molecule has 0 saturated carbocycles. The Morgan fingerprint density at radius 2 is 2.06 bits per heavy atom. The van der Waals surface area contributed by atoms with Crippen molar-refractivity contribution in [3.63, 3.8) is 0 Å². The van der Waals surface area contributed by atoms with Crippen molar-refractivity contribution >= 4 is 35.2 Å². The van der Waals surface area contributed by atoms with E-state index in [1.807, 2.05) is 4.98 Å². The zero-order valence-electron chi connectivity index (χ0n) is 8.01. The van der Waals surface area contributed by atoms with Gasteiger partial charge in [0.15, 0.2) is 4.77 Å². The number of halogens is 4. The minimum Gasteiger partial charge on any atom is -0.327 e. The maximum Gasteiger partial charge on any atom is 0.431 e. The molecule has 2 nitrogen and oxygen atoms in total. The van der Waals surface area contributed by atoms with E-state index in [1.54, 1.807) is 12.1 Å². The van der Waals surface area contributed by atoms with Crippen molar-refractivity contribution in [3.05, 3.63) is 33.0 Å². The van der Waals surface area contributed by atoms with Gasteiger partial charge in [-0.25, -0.2) is 4.98 Å². The first-order chi connectivity index (χ1) is 7.86. The Morgan fingerprint density at radius 1 is 1.35 bits per heavy atom. The van der Waals surface area contributed by atoms with Gasteiger partial charge in [-0.05, 0) is 30.4 Å². The van der Waals surface area contributed by atoms with Crippen LogP contribution in [-0.2, 0) is 6.18 Å². The fraction of sp³-hybridized carbons (Fsp3) is 0.111. The lowest BCUT2D eigenvalue weighted by Gasteiger charge is -2.07. The molecule has 0 amide bonds. The van der Waals surface area contributed by atoms with E-state index in [4.69, 9.17) is 11.6 Å². The largest absolute Gasteiger partial charge is 0.431 e. The van der Waals surface area contributed by atoms with Crippen LogP contribution in [0, 0.1) is 4.77 Å². The van der Waals surface area contributed by atoms with Gasteiger partial charge in [0.1, 0.15) is 5.69 Å². The number of H-pyrrole nitrogens is 1. The van der Waals surface area contributed by atoms with Crippen molar-refractivity contribution < 1.29 is 13.2 Å². The van der Waals surface area contributed by atoms with Crippen molar-refractivity contribution in [2.45, 2.75) is 6.18 Å². The van der Waals surface area contributed by atoms with Gasteiger partial charge < -0.3 is 4.98 Å². The molecule has 2 aromatic rings. The monoisotopic (exact) mass is 296 g/mol. The van der Waals surface area contributed by atoms with Crippen LogP contribution in [-0.4, -0.2) is 9.97 Å². The van der Waals surface area contributed by atoms with E-state index >= 15 is 0 Å². The average Bonchev–Trinajstić information content (AvgIpc) is 2.62. The van der Waals surface area contributed by atoms with Crippen LogP contribution in [0.1, 0.15) is 5.69 Å². The van der Waals surface area contributed by atoms with Crippen molar-refractivity contribution in [1.82, 2.24) is 9.97 Å². The number of alkyl halides is 3. The van der Waals surface area contributed by atoms with Gasteiger partial charge in [-0.3, -0.25) is 0 Å². The van der Waals surface area contributed by atoms with Crippen LogP contribution in [0.5, 0.6) is 0 Å². The highest BCUT2D eigenvalue weighted by Gasteiger charge is 2.32. The number of rotatable bonds is 1. The lowest BCUT2D eigenvalue weighted by Crippen LogP contribution is -2.09. The third-order valence-corrected chi connectivity index (χ3v) is 3.32. The van der Waals surface area contributed by atoms with Crippen LogP contribution < -0.4 is 0 Å². The third-order valence-electron chi connectivity index (χ3n) is 1.88. The molecule has 8 heteroatoms. The molecular weight excluding hydrogens is 293 g/mol. The fourth-order valence-corrected chi connectivity index (χ4v) is 2.40. The SMILES string of the molecule is FC(F)(F)c1cc(-c2ccc(Cl)s2)nc(=S)[nH]1. The van der Waals surface area contributed by atoms with Crippen molar-refractivity contribution in [3.8, 4) is 10.6 Å². The Morgan fingerprint density at radius 3 is 2.59 bits per heavy atom. The first-order valence-corrected chi connectivity index (χ1v) is 5.91. The number of aromatic amines is 1. The van der Waals surface area contributed by atoms with E-state index in [2.05, 4.69) is 17.2 Å². The Balaban J connectivity index is 2.57. The predicted molar refractivity (Wildman–Crippen MR) is 62.7 cm³/mol. The molecule has 0 saturated heterocycles. The third kappa shape index (κ3) is 2.85. The van der Waals surface area contributed by atoms with Crippen LogP contribution >= 0.6 is 35.2 Å². The van der Waals surface area contributed by atoms with Gasteiger partial charge in [0.2, 0.25) is 0 Å². The number of nitrogens with zero attached hydrogens (tertiary/aromatic N) is 1. The van der Waals surface area contributed by atoms with Gasteiger partial charge in [-0.15, -0.1) is 11.3 Å². The Bertz CT molecular complexity index is 603. The van der Waals surface area contributed by atoms with E-state index in [0.717, 1.165) is 17.4 Å². The topological polar surface area (TPSA) is 28.7 Å². The number of hydrogen-bond donors (Lipinski definition) is 1. The summed E-state index contributed by atoms with van der Waals surface area (Å²) in [6, 6.07) is 4.11. The summed E-state index contributed by atoms with van der Waals surface area (Å²) in [5.41, 5.74) is -0.755.